The Hall–Kier alpha value is -4.60. The molecule has 0 aliphatic carbocycles. The summed E-state index contributed by atoms with van der Waals surface area (Å²) in [6, 6.07) is 16.2. The number of carbonyl (C=O) groups is 2. The van der Waals surface area contributed by atoms with Gasteiger partial charge in [0.05, 0.1) is 12.6 Å². The first kappa shape index (κ1) is 27.4. The predicted octanol–water partition coefficient (Wildman–Crippen LogP) is 4.04. The largest absolute Gasteiger partial charge is 0.465 e. The molecule has 0 radical (unpaired) electrons. The number of fused-ring (bicyclic) bond motifs is 1. The maximum absolute atomic E-state index is 14.0. The monoisotopic (exact) mass is 528 g/mol. The van der Waals surface area contributed by atoms with E-state index in [4.69, 9.17) is 10.1 Å². The SMILES string of the molecule is Cc1ccc(C(=O)N(CCCNC(=O)O)C(c2nc3nccnc3c(=O)n2Cc2ccccc2)C(C)C)cc1. The summed E-state index contributed by atoms with van der Waals surface area (Å²) in [7, 11) is 0. The molecule has 2 amide bonds. The van der Waals surface area contributed by atoms with Crippen LogP contribution in [0.15, 0.2) is 71.8 Å². The first-order chi connectivity index (χ1) is 18.8. The van der Waals surface area contributed by atoms with Crippen molar-refractivity contribution in [3.8, 4) is 0 Å². The molecule has 1 unspecified atom stereocenters. The zero-order valence-corrected chi connectivity index (χ0v) is 22.2. The summed E-state index contributed by atoms with van der Waals surface area (Å²) in [4.78, 5) is 53.8. The van der Waals surface area contributed by atoms with Crippen molar-refractivity contribution in [3.05, 3.63) is 99.9 Å². The molecule has 0 bridgehead atoms. The minimum atomic E-state index is -1.13. The Balaban J connectivity index is 1.86. The smallest absolute Gasteiger partial charge is 0.404 e. The van der Waals surface area contributed by atoms with Gasteiger partial charge in [-0.25, -0.2) is 19.7 Å². The lowest BCUT2D eigenvalue weighted by molar-refractivity contribution is 0.0601. The molecule has 2 heterocycles. The van der Waals surface area contributed by atoms with Crippen LogP contribution < -0.4 is 10.9 Å². The molecule has 10 nitrogen and oxygen atoms in total. The normalized spacial score (nSPS) is 11.9. The van der Waals surface area contributed by atoms with Gasteiger partial charge in [0.25, 0.3) is 11.5 Å². The number of benzene rings is 2. The quantitative estimate of drug-likeness (QED) is 0.297. The Morgan fingerprint density at radius 2 is 1.72 bits per heavy atom. The molecule has 0 spiro atoms. The summed E-state index contributed by atoms with van der Waals surface area (Å²) in [5.41, 5.74) is 2.44. The molecule has 0 saturated carbocycles. The molecule has 2 aromatic heterocycles. The van der Waals surface area contributed by atoms with Crippen LogP contribution in [0.1, 0.15) is 53.6 Å². The van der Waals surface area contributed by atoms with E-state index < -0.39 is 12.1 Å². The lowest BCUT2D eigenvalue weighted by atomic mass is 9.99. The third-order valence-corrected chi connectivity index (χ3v) is 6.45. The zero-order valence-electron chi connectivity index (χ0n) is 22.2. The van der Waals surface area contributed by atoms with Gasteiger partial charge in [0.15, 0.2) is 11.2 Å². The van der Waals surface area contributed by atoms with Gasteiger partial charge < -0.3 is 15.3 Å². The third-order valence-electron chi connectivity index (χ3n) is 6.45. The van der Waals surface area contributed by atoms with Gasteiger partial charge in [-0.1, -0.05) is 61.9 Å². The first-order valence-electron chi connectivity index (χ1n) is 12.9. The first-order valence-corrected chi connectivity index (χ1v) is 12.9. The van der Waals surface area contributed by atoms with Crippen molar-refractivity contribution in [2.45, 2.75) is 39.8 Å². The van der Waals surface area contributed by atoms with Gasteiger partial charge in [-0.2, -0.15) is 0 Å². The Bertz CT molecular complexity index is 1500. The molecule has 0 fully saturated rings. The molecule has 39 heavy (non-hydrogen) atoms. The highest BCUT2D eigenvalue weighted by Crippen LogP contribution is 2.30. The van der Waals surface area contributed by atoms with Crippen molar-refractivity contribution in [2.24, 2.45) is 5.92 Å². The molecule has 1 atom stereocenters. The summed E-state index contributed by atoms with van der Waals surface area (Å²) in [5.74, 6) is 0.0252. The van der Waals surface area contributed by atoms with E-state index in [0.717, 1.165) is 11.1 Å². The fourth-order valence-electron chi connectivity index (χ4n) is 4.58. The Labute approximate surface area is 226 Å². The van der Waals surface area contributed by atoms with E-state index >= 15 is 0 Å². The number of nitrogens with zero attached hydrogens (tertiary/aromatic N) is 5. The van der Waals surface area contributed by atoms with Crippen LogP contribution in [0.2, 0.25) is 0 Å². The highest BCUT2D eigenvalue weighted by Gasteiger charge is 2.33. The van der Waals surface area contributed by atoms with Crippen LogP contribution in [-0.4, -0.2) is 54.6 Å². The van der Waals surface area contributed by atoms with Gasteiger partial charge in [-0.05, 0) is 37.0 Å². The standard InChI is InChI=1S/C29H32N6O4/c1-19(2)24(34(17-7-14-32-29(38)39)27(36)22-12-10-20(3)11-13-22)26-33-25-23(30-15-16-31-25)28(37)35(26)18-21-8-5-4-6-9-21/h4-6,8-13,15-16,19,24,32H,7,14,17-18H2,1-3H3,(H,38,39). The van der Waals surface area contributed by atoms with Crippen molar-refractivity contribution in [1.82, 2.24) is 29.7 Å². The second-order valence-electron chi connectivity index (χ2n) is 9.71. The minimum Gasteiger partial charge on any atom is -0.465 e. The van der Waals surface area contributed by atoms with Crippen molar-refractivity contribution < 1.29 is 14.7 Å². The van der Waals surface area contributed by atoms with Gasteiger partial charge in [0.2, 0.25) is 0 Å². The maximum Gasteiger partial charge on any atom is 0.404 e. The molecule has 4 aromatic rings. The van der Waals surface area contributed by atoms with Gasteiger partial charge in [0, 0.05) is 31.0 Å². The highest BCUT2D eigenvalue weighted by atomic mass is 16.4. The molecule has 4 rings (SSSR count). The van der Waals surface area contributed by atoms with E-state index in [1.54, 1.807) is 21.6 Å². The fourth-order valence-corrected chi connectivity index (χ4v) is 4.58. The predicted molar refractivity (Wildman–Crippen MR) is 148 cm³/mol. The van der Waals surface area contributed by atoms with Crippen LogP contribution in [-0.2, 0) is 6.54 Å². The lowest BCUT2D eigenvalue weighted by Crippen LogP contribution is -2.42. The number of nitrogens with one attached hydrogen (secondary N) is 1. The van der Waals surface area contributed by atoms with Crippen molar-refractivity contribution in [1.29, 1.82) is 0 Å². The molecule has 2 aromatic carbocycles. The highest BCUT2D eigenvalue weighted by molar-refractivity contribution is 5.94. The number of carboxylic acid groups (broad SMARTS) is 1. The molecular weight excluding hydrogens is 496 g/mol. The van der Waals surface area contributed by atoms with E-state index in [1.807, 2.05) is 63.2 Å². The number of hydrogen-bond donors (Lipinski definition) is 2. The molecule has 202 valence electrons. The zero-order chi connectivity index (χ0) is 27.9. The van der Waals surface area contributed by atoms with E-state index in [9.17, 15) is 14.4 Å². The average Bonchev–Trinajstić information content (AvgIpc) is 2.92. The molecule has 0 aliphatic heterocycles. The number of amides is 2. The van der Waals surface area contributed by atoms with Crippen molar-refractivity contribution >= 4 is 23.2 Å². The van der Waals surface area contributed by atoms with Crippen LogP contribution in [0.3, 0.4) is 0 Å². The van der Waals surface area contributed by atoms with Crippen LogP contribution in [0, 0.1) is 12.8 Å². The molecule has 0 aliphatic rings. The average molecular weight is 529 g/mol. The van der Waals surface area contributed by atoms with Crippen molar-refractivity contribution in [2.75, 3.05) is 13.1 Å². The Kier molecular flexibility index (Phi) is 8.65. The van der Waals surface area contributed by atoms with Gasteiger partial charge in [-0.3, -0.25) is 14.2 Å². The van der Waals surface area contributed by atoms with E-state index in [1.165, 1.54) is 12.4 Å². The molecule has 0 saturated heterocycles. The second kappa shape index (κ2) is 12.3. The number of aryl methyl sites for hydroxylation is 1. The van der Waals surface area contributed by atoms with Gasteiger partial charge in [-0.15, -0.1) is 0 Å². The van der Waals surface area contributed by atoms with Crippen molar-refractivity contribution in [3.63, 3.8) is 0 Å². The molecule has 10 heteroatoms. The maximum atomic E-state index is 14.0. The van der Waals surface area contributed by atoms with E-state index in [2.05, 4.69) is 15.3 Å². The van der Waals surface area contributed by atoms with Crippen LogP contribution >= 0.6 is 0 Å². The number of rotatable bonds is 10. The Morgan fingerprint density at radius 1 is 1.03 bits per heavy atom. The lowest BCUT2D eigenvalue weighted by Gasteiger charge is -2.35. The van der Waals surface area contributed by atoms with Gasteiger partial charge in [0.1, 0.15) is 5.82 Å². The Morgan fingerprint density at radius 3 is 2.38 bits per heavy atom. The number of aromatic nitrogens is 4. The summed E-state index contributed by atoms with van der Waals surface area (Å²) in [6.45, 7) is 6.54. The summed E-state index contributed by atoms with van der Waals surface area (Å²) < 4.78 is 1.57. The fraction of sp³-hybridized carbons (Fsp3) is 0.310. The van der Waals surface area contributed by atoms with E-state index in [0.29, 0.717) is 17.8 Å². The third kappa shape index (κ3) is 6.46. The van der Waals surface area contributed by atoms with Gasteiger partial charge >= 0.3 is 6.09 Å². The van der Waals surface area contributed by atoms with Crippen LogP contribution in [0.5, 0.6) is 0 Å². The second-order valence-corrected chi connectivity index (χ2v) is 9.71. The topological polar surface area (TPSA) is 130 Å². The van der Waals surface area contributed by atoms with Crippen LogP contribution in [0.25, 0.3) is 11.2 Å². The number of carbonyl (C=O) groups excluding carboxylic acids is 1. The molecule has 2 N–H and O–H groups in total. The number of hydrogen-bond acceptors (Lipinski definition) is 6. The summed E-state index contributed by atoms with van der Waals surface area (Å²) in [5, 5.41) is 11.4. The summed E-state index contributed by atoms with van der Waals surface area (Å²) >= 11 is 0. The minimum absolute atomic E-state index is 0.144. The van der Waals surface area contributed by atoms with E-state index in [-0.39, 0.29) is 48.2 Å². The molecular formula is C29H32N6O4. The van der Waals surface area contributed by atoms with Crippen LogP contribution in [0.4, 0.5) is 4.79 Å². The summed E-state index contributed by atoms with van der Waals surface area (Å²) in [6.07, 6.45) is 2.19.